The first-order valence-electron chi connectivity index (χ1n) is 3.34. The average Bonchev–Trinajstić information content (AvgIpc) is 2.08. The Balaban J connectivity index is 2.70. The molecule has 13 heavy (non-hydrogen) atoms. The van der Waals surface area contributed by atoms with E-state index in [9.17, 15) is 9.59 Å². The van der Waals surface area contributed by atoms with Crippen LogP contribution in [0, 0.1) is 0 Å². The summed E-state index contributed by atoms with van der Waals surface area (Å²) in [5.74, 6) is -2.93. The second-order valence-electron chi connectivity index (χ2n) is 2.19. The molecule has 1 aromatic carbocycles. The lowest BCUT2D eigenvalue weighted by molar-refractivity contribution is -0.158. The fourth-order valence-corrected chi connectivity index (χ4v) is 0.665. The summed E-state index contributed by atoms with van der Waals surface area (Å²) in [6, 6.07) is 5.14. The average molecular weight is 182 g/mol. The Morgan fingerprint density at radius 2 is 1.69 bits per heavy atom. The molecule has 0 bridgehead atoms. The van der Waals surface area contributed by atoms with Gasteiger partial charge < -0.3 is 14.9 Å². The number of carbonyl (C=O) groups is 2. The molecule has 0 spiro atoms. The van der Waals surface area contributed by atoms with Crippen molar-refractivity contribution >= 4 is 11.9 Å². The normalized spacial score (nSPS) is 9.23. The Hall–Kier alpha value is -2.04. The summed E-state index contributed by atoms with van der Waals surface area (Å²) in [6.07, 6.45) is 0. The maximum atomic E-state index is 10.5. The lowest BCUT2D eigenvalue weighted by atomic mass is 10.3. The molecule has 5 nitrogen and oxygen atoms in total. The van der Waals surface area contributed by atoms with E-state index in [1.165, 1.54) is 24.3 Å². The van der Waals surface area contributed by atoms with Crippen molar-refractivity contribution in [1.29, 1.82) is 0 Å². The number of carboxylic acids is 1. The summed E-state index contributed by atoms with van der Waals surface area (Å²) in [5.41, 5.74) is 0. The number of hydrogen-bond donors (Lipinski definition) is 2. The minimum atomic E-state index is -1.66. The first kappa shape index (κ1) is 9.05. The molecule has 0 aliphatic rings. The molecule has 1 aromatic rings. The van der Waals surface area contributed by atoms with E-state index < -0.39 is 11.9 Å². The number of aromatic hydroxyl groups is 1. The summed E-state index contributed by atoms with van der Waals surface area (Å²) >= 11 is 0. The summed E-state index contributed by atoms with van der Waals surface area (Å²) < 4.78 is 4.38. The van der Waals surface area contributed by atoms with Gasteiger partial charge in [0.05, 0.1) is 0 Å². The van der Waals surface area contributed by atoms with Gasteiger partial charge in [-0.3, -0.25) is 0 Å². The molecule has 0 unspecified atom stereocenters. The van der Waals surface area contributed by atoms with Crippen LogP contribution in [0.3, 0.4) is 0 Å². The Morgan fingerprint density at radius 3 is 2.15 bits per heavy atom. The number of carboxylic acid groups (broad SMARTS) is 1. The molecule has 0 aliphatic carbocycles. The van der Waals surface area contributed by atoms with Crippen LogP contribution in [-0.4, -0.2) is 22.2 Å². The zero-order valence-corrected chi connectivity index (χ0v) is 6.43. The standard InChI is InChI=1S/C8H6O5/c9-5-1-3-6(4-2-5)13-8(12)7(10)11/h1-4,9H,(H,10,11). The highest BCUT2D eigenvalue weighted by Crippen LogP contribution is 2.15. The Labute approximate surface area is 73.2 Å². The van der Waals surface area contributed by atoms with Crippen molar-refractivity contribution in [2.75, 3.05) is 0 Å². The van der Waals surface area contributed by atoms with Gasteiger partial charge in [0.1, 0.15) is 11.5 Å². The van der Waals surface area contributed by atoms with Crippen molar-refractivity contribution in [2.45, 2.75) is 0 Å². The van der Waals surface area contributed by atoms with Crippen molar-refractivity contribution in [3.05, 3.63) is 24.3 Å². The Morgan fingerprint density at radius 1 is 1.15 bits per heavy atom. The number of rotatable bonds is 1. The Kier molecular flexibility index (Phi) is 2.49. The smallest absolute Gasteiger partial charge is 0.422 e. The third-order valence-corrected chi connectivity index (χ3v) is 1.22. The number of phenols is 1. The van der Waals surface area contributed by atoms with E-state index in [1.807, 2.05) is 0 Å². The zero-order valence-electron chi connectivity index (χ0n) is 6.43. The van der Waals surface area contributed by atoms with Gasteiger partial charge in [-0.2, -0.15) is 0 Å². The first-order valence-corrected chi connectivity index (χ1v) is 3.34. The lowest BCUT2D eigenvalue weighted by Gasteiger charge is -1.99. The molecule has 0 saturated heterocycles. The van der Waals surface area contributed by atoms with Gasteiger partial charge in [0, 0.05) is 0 Å². The molecule has 0 aliphatic heterocycles. The summed E-state index contributed by atoms with van der Waals surface area (Å²) in [7, 11) is 0. The molecule has 0 amide bonds. The predicted molar refractivity (Wildman–Crippen MR) is 41.4 cm³/mol. The van der Waals surface area contributed by atoms with E-state index in [0.29, 0.717) is 0 Å². The van der Waals surface area contributed by atoms with Crippen LogP contribution in [0.5, 0.6) is 11.5 Å². The number of esters is 1. The van der Waals surface area contributed by atoms with Crippen molar-refractivity contribution in [3.63, 3.8) is 0 Å². The quantitative estimate of drug-likeness (QED) is 0.372. The van der Waals surface area contributed by atoms with Crippen molar-refractivity contribution < 1.29 is 24.5 Å². The van der Waals surface area contributed by atoms with Crippen molar-refractivity contribution in [3.8, 4) is 11.5 Å². The largest absolute Gasteiger partial charge is 0.508 e. The maximum absolute atomic E-state index is 10.5. The number of benzene rings is 1. The van der Waals surface area contributed by atoms with Crippen LogP contribution >= 0.6 is 0 Å². The van der Waals surface area contributed by atoms with Crippen LogP contribution in [0.2, 0.25) is 0 Å². The van der Waals surface area contributed by atoms with Crippen molar-refractivity contribution in [1.82, 2.24) is 0 Å². The van der Waals surface area contributed by atoms with Gasteiger partial charge in [0.15, 0.2) is 0 Å². The number of ether oxygens (including phenoxy) is 1. The number of hydrogen-bond acceptors (Lipinski definition) is 4. The fraction of sp³-hybridized carbons (Fsp3) is 0. The van der Waals surface area contributed by atoms with E-state index in [1.54, 1.807) is 0 Å². The molecule has 1 rings (SSSR count). The third kappa shape index (κ3) is 2.48. The van der Waals surface area contributed by atoms with E-state index in [0.717, 1.165) is 0 Å². The van der Waals surface area contributed by atoms with Crippen LogP contribution < -0.4 is 4.74 Å². The molecule has 5 heteroatoms. The van der Waals surface area contributed by atoms with Gasteiger partial charge in [0.25, 0.3) is 0 Å². The molecule has 0 radical (unpaired) electrons. The molecule has 0 heterocycles. The van der Waals surface area contributed by atoms with Crippen molar-refractivity contribution in [2.24, 2.45) is 0 Å². The van der Waals surface area contributed by atoms with Crippen LogP contribution in [0.25, 0.3) is 0 Å². The fourth-order valence-electron chi connectivity index (χ4n) is 0.665. The van der Waals surface area contributed by atoms with Gasteiger partial charge in [0.2, 0.25) is 0 Å². The molecular formula is C8H6O5. The third-order valence-electron chi connectivity index (χ3n) is 1.22. The second-order valence-corrected chi connectivity index (χ2v) is 2.19. The molecule has 0 atom stereocenters. The van der Waals surface area contributed by atoms with Crippen LogP contribution in [0.15, 0.2) is 24.3 Å². The highest BCUT2D eigenvalue weighted by molar-refractivity contribution is 6.29. The maximum Gasteiger partial charge on any atom is 0.422 e. The first-order chi connectivity index (χ1) is 6.09. The number of carbonyl (C=O) groups excluding carboxylic acids is 1. The minimum Gasteiger partial charge on any atom is -0.508 e. The van der Waals surface area contributed by atoms with E-state index in [4.69, 9.17) is 10.2 Å². The second kappa shape index (κ2) is 3.57. The van der Waals surface area contributed by atoms with Gasteiger partial charge in [-0.05, 0) is 24.3 Å². The predicted octanol–water partition coefficient (Wildman–Crippen LogP) is 0.382. The lowest BCUT2D eigenvalue weighted by Crippen LogP contribution is -2.19. The molecule has 0 fully saturated rings. The molecule has 68 valence electrons. The highest BCUT2D eigenvalue weighted by atomic mass is 16.6. The number of aliphatic carboxylic acids is 1. The van der Waals surface area contributed by atoms with E-state index in [-0.39, 0.29) is 11.5 Å². The highest BCUT2D eigenvalue weighted by Gasteiger charge is 2.13. The molecule has 2 N–H and O–H groups in total. The molecule has 0 aromatic heterocycles. The summed E-state index contributed by atoms with van der Waals surface area (Å²) in [6.45, 7) is 0. The number of phenolic OH excluding ortho intramolecular Hbond substituents is 1. The van der Waals surface area contributed by atoms with Crippen LogP contribution in [-0.2, 0) is 9.59 Å². The van der Waals surface area contributed by atoms with Gasteiger partial charge in [-0.1, -0.05) is 0 Å². The van der Waals surface area contributed by atoms with Gasteiger partial charge in [-0.25, -0.2) is 9.59 Å². The minimum absolute atomic E-state index is 0.00937. The van der Waals surface area contributed by atoms with E-state index in [2.05, 4.69) is 4.74 Å². The topological polar surface area (TPSA) is 83.8 Å². The molecule has 0 saturated carbocycles. The van der Waals surface area contributed by atoms with Crippen LogP contribution in [0.1, 0.15) is 0 Å². The van der Waals surface area contributed by atoms with Gasteiger partial charge in [-0.15, -0.1) is 0 Å². The SMILES string of the molecule is O=C(O)C(=O)Oc1ccc(O)cc1. The summed E-state index contributed by atoms with van der Waals surface area (Å²) in [4.78, 5) is 20.6. The monoisotopic (exact) mass is 182 g/mol. The zero-order chi connectivity index (χ0) is 9.84. The molecular weight excluding hydrogens is 176 g/mol. The van der Waals surface area contributed by atoms with Crippen LogP contribution in [0.4, 0.5) is 0 Å². The summed E-state index contributed by atoms with van der Waals surface area (Å²) in [5, 5.41) is 17.0. The van der Waals surface area contributed by atoms with E-state index >= 15 is 0 Å². The Bertz CT molecular complexity index is 327. The van der Waals surface area contributed by atoms with Gasteiger partial charge >= 0.3 is 11.9 Å².